The Labute approximate surface area is 71.8 Å². The minimum absolute atomic E-state index is 0.698. The van der Waals surface area contributed by atoms with E-state index in [-0.39, 0.29) is 0 Å². The maximum Gasteiger partial charge on any atom is 0.0120 e. The van der Waals surface area contributed by atoms with Crippen molar-refractivity contribution in [3.63, 3.8) is 0 Å². The predicted molar refractivity (Wildman–Crippen MR) is 49.5 cm³/mol. The summed E-state index contributed by atoms with van der Waals surface area (Å²) in [5, 5.41) is 0. The largest absolute Gasteiger partial charge is 0.0894 e. The molecule has 0 nitrogen and oxygen atoms in total. The average molecular weight is 203 g/mol. The first-order chi connectivity index (χ1) is 4.79. The first kappa shape index (κ1) is 8.32. The summed E-state index contributed by atoms with van der Waals surface area (Å²) >= 11 is 3.59. The van der Waals surface area contributed by atoms with Crippen LogP contribution in [0.4, 0.5) is 0 Å². The highest BCUT2D eigenvalue weighted by Crippen LogP contribution is 2.24. The van der Waals surface area contributed by atoms with E-state index < -0.39 is 0 Å². The Morgan fingerprint density at radius 3 is 2.90 bits per heavy atom. The van der Waals surface area contributed by atoms with Gasteiger partial charge in [-0.1, -0.05) is 35.0 Å². The van der Waals surface area contributed by atoms with Gasteiger partial charge in [0.15, 0.2) is 0 Å². The van der Waals surface area contributed by atoms with Gasteiger partial charge < -0.3 is 0 Å². The lowest BCUT2D eigenvalue weighted by Gasteiger charge is -2.18. The molecule has 0 aromatic heterocycles. The summed E-state index contributed by atoms with van der Waals surface area (Å²) in [7, 11) is 0. The van der Waals surface area contributed by atoms with Crippen LogP contribution in [0.25, 0.3) is 0 Å². The van der Waals surface area contributed by atoms with Gasteiger partial charge in [0.05, 0.1) is 0 Å². The van der Waals surface area contributed by atoms with Crippen molar-refractivity contribution < 1.29 is 0 Å². The van der Waals surface area contributed by atoms with Crippen molar-refractivity contribution in [3.05, 3.63) is 12.2 Å². The van der Waals surface area contributed by atoms with Gasteiger partial charge in [-0.15, -0.1) is 0 Å². The van der Waals surface area contributed by atoms with E-state index in [1.807, 2.05) is 0 Å². The number of hydrogen-bond donors (Lipinski definition) is 0. The van der Waals surface area contributed by atoms with Crippen LogP contribution >= 0.6 is 15.9 Å². The van der Waals surface area contributed by atoms with Crippen LogP contribution in [0.1, 0.15) is 32.6 Å². The fourth-order valence-electron chi connectivity index (χ4n) is 1.53. The van der Waals surface area contributed by atoms with Crippen LogP contribution in [0, 0.1) is 5.92 Å². The van der Waals surface area contributed by atoms with Gasteiger partial charge in [-0.25, -0.2) is 0 Å². The molecule has 0 aromatic carbocycles. The Morgan fingerprint density at radius 2 is 2.40 bits per heavy atom. The van der Waals surface area contributed by atoms with Crippen LogP contribution in [0.15, 0.2) is 12.2 Å². The fraction of sp³-hybridized carbons (Fsp3) is 0.778. The quantitative estimate of drug-likeness (QED) is 0.475. The summed E-state index contributed by atoms with van der Waals surface area (Å²) in [5.74, 6) is 0.944. The second kappa shape index (κ2) is 4.17. The number of hydrogen-bond acceptors (Lipinski definition) is 0. The van der Waals surface area contributed by atoms with E-state index in [0.29, 0.717) is 4.83 Å². The molecule has 0 bridgehead atoms. The second-order valence-corrected chi connectivity index (χ2v) is 4.73. The monoisotopic (exact) mass is 202 g/mol. The van der Waals surface area contributed by atoms with Crippen LogP contribution in [0.3, 0.4) is 0 Å². The third-order valence-electron chi connectivity index (χ3n) is 2.04. The maximum atomic E-state index is 3.59. The van der Waals surface area contributed by atoms with Crippen LogP contribution in [0.5, 0.6) is 0 Å². The van der Waals surface area contributed by atoms with Crippen molar-refractivity contribution in [2.24, 2.45) is 5.92 Å². The van der Waals surface area contributed by atoms with E-state index in [1.54, 1.807) is 0 Å². The van der Waals surface area contributed by atoms with Gasteiger partial charge in [-0.3, -0.25) is 0 Å². The molecule has 1 aliphatic rings. The molecule has 0 aliphatic heterocycles. The molecule has 0 spiro atoms. The van der Waals surface area contributed by atoms with E-state index in [4.69, 9.17) is 0 Å². The van der Waals surface area contributed by atoms with Crippen molar-refractivity contribution in [1.82, 2.24) is 0 Å². The summed E-state index contributed by atoms with van der Waals surface area (Å²) in [6.07, 6.45) is 9.95. The molecule has 0 saturated carbocycles. The summed E-state index contributed by atoms with van der Waals surface area (Å²) in [5.41, 5.74) is 0. The van der Waals surface area contributed by atoms with Crippen molar-refractivity contribution in [2.45, 2.75) is 37.4 Å². The smallest absolute Gasteiger partial charge is 0.0120 e. The van der Waals surface area contributed by atoms with E-state index in [2.05, 4.69) is 35.0 Å². The Hall–Kier alpha value is 0.220. The third kappa shape index (κ3) is 2.87. The zero-order valence-electron chi connectivity index (χ0n) is 6.52. The Balaban J connectivity index is 2.22. The van der Waals surface area contributed by atoms with Crippen molar-refractivity contribution >= 4 is 15.9 Å². The lowest BCUT2D eigenvalue weighted by atomic mass is 9.91. The molecule has 10 heavy (non-hydrogen) atoms. The number of alkyl halides is 1. The fourth-order valence-corrected chi connectivity index (χ4v) is 2.06. The first-order valence-corrected chi connectivity index (χ1v) is 4.99. The molecule has 1 heteroatoms. The summed E-state index contributed by atoms with van der Waals surface area (Å²) in [6, 6.07) is 0. The van der Waals surface area contributed by atoms with Crippen molar-refractivity contribution in [1.29, 1.82) is 0 Å². The average Bonchev–Trinajstić information content (AvgIpc) is 1.88. The summed E-state index contributed by atoms with van der Waals surface area (Å²) in [4.78, 5) is 0.698. The topological polar surface area (TPSA) is 0 Å². The van der Waals surface area contributed by atoms with Gasteiger partial charge in [0.1, 0.15) is 0 Å². The standard InChI is InChI=1S/C9H15Br/c1-8(10)7-9-5-3-2-4-6-9/h2-3,8-9H,4-7H2,1H3. The molecule has 0 amide bonds. The first-order valence-electron chi connectivity index (χ1n) is 4.08. The molecule has 1 aliphatic carbocycles. The molecule has 0 radical (unpaired) electrons. The second-order valence-electron chi connectivity index (χ2n) is 3.17. The van der Waals surface area contributed by atoms with Gasteiger partial charge in [-0.2, -0.15) is 0 Å². The van der Waals surface area contributed by atoms with Gasteiger partial charge in [-0.05, 0) is 31.6 Å². The number of allylic oxidation sites excluding steroid dienone is 2. The lowest BCUT2D eigenvalue weighted by molar-refractivity contribution is 0.448. The minimum Gasteiger partial charge on any atom is -0.0894 e. The van der Waals surface area contributed by atoms with E-state index in [0.717, 1.165) is 5.92 Å². The Kier molecular flexibility index (Phi) is 3.47. The SMILES string of the molecule is CC(Br)CC1CC=CCC1. The summed E-state index contributed by atoms with van der Waals surface area (Å²) in [6.45, 7) is 2.23. The van der Waals surface area contributed by atoms with E-state index in [9.17, 15) is 0 Å². The maximum absolute atomic E-state index is 3.59. The number of halogens is 1. The van der Waals surface area contributed by atoms with Crippen molar-refractivity contribution in [2.75, 3.05) is 0 Å². The van der Waals surface area contributed by atoms with Gasteiger partial charge in [0.25, 0.3) is 0 Å². The highest BCUT2D eigenvalue weighted by Gasteiger charge is 2.11. The predicted octanol–water partition coefficient (Wildman–Crippen LogP) is 3.52. The molecule has 1 rings (SSSR count). The minimum atomic E-state index is 0.698. The van der Waals surface area contributed by atoms with Crippen LogP contribution in [-0.4, -0.2) is 4.83 Å². The lowest BCUT2D eigenvalue weighted by Crippen LogP contribution is -2.06. The molecular formula is C9H15Br. The Morgan fingerprint density at radius 1 is 1.60 bits per heavy atom. The molecule has 2 atom stereocenters. The van der Waals surface area contributed by atoms with Gasteiger partial charge in [0.2, 0.25) is 0 Å². The zero-order chi connectivity index (χ0) is 7.40. The zero-order valence-corrected chi connectivity index (χ0v) is 8.10. The van der Waals surface area contributed by atoms with Crippen LogP contribution in [0.2, 0.25) is 0 Å². The molecule has 2 unspecified atom stereocenters. The van der Waals surface area contributed by atoms with Gasteiger partial charge in [0, 0.05) is 4.83 Å². The molecule has 0 aromatic rings. The van der Waals surface area contributed by atoms with Crippen LogP contribution < -0.4 is 0 Å². The number of rotatable bonds is 2. The van der Waals surface area contributed by atoms with Crippen molar-refractivity contribution in [3.8, 4) is 0 Å². The molecule has 0 heterocycles. The van der Waals surface area contributed by atoms with Crippen LogP contribution in [-0.2, 0) is 0 Å². The van der Waals surface area contributed by atoms with E-state index >= 15 is 0 Å². The highest BCUT2D eigenvalue weighted by molar-refractivity contribution is 9.09. The molecule has 0 fully saturated rings. The molecule has 0 saturated heterocycles. The highest BCUT2D eigenvalue weighted by atomic mass is 79.9. The normalized spacial score (nSPS) is 28.4. The molecular weight excluding hydrogens is 188 g/mol. The van der Waals surface area contributed by atoms with Gasteiger partial charge >= 0.3 is 0 Å². The molecule has 58 valence electrons. The summed E-state index contributed by atoms with van der Waals surface area (Å²) < 4.78 is 0. The molecule has 0 N–H and O–H groups in total. The third-order valence-corrected chi connectivity index (χ3v) is 2.41. The Bertz CT molecular complexity index is 116. The van der Waals surface area contributed by atoms with E-state index in [1.165, 1.54) is 25.7 Å².